The van der Waals surface area contributed by atoms with Crippen LogP contribution in [0.1, 0.15) is 48.0 Å². The molecule has 0 saturated heterocycles. The van der Waals surface area contributed by atoms with Crippen molar-refractivity contribution in [3.05, 3.63) is 52.8 Å². The molecule has 2 aromatic rings. The van der Waals surface area contributed by atoms with E-state index >= 15 is 0 Å². The molecule has 0 unspecified atom stereocenters. The highest BCUT2D eigenvalue weighted by Crippen LogP contribution is 2.25. The van der Waals surface area contributed by atoms with Crippen molar-refractivity contribution in [2.45, 2.75) is 39.3 Å². The van der Waals surface area contributed by atoms with Crippen LogP contribution in [0.3, 0.4) is 0 Å². The third-order valence-electron chi connectivity index (χ3n) is 3.96. The van der Waals surface area contributed by atoms with Gasteiger partial charge in [0.05, 0.1) is 12.2 Å². The van der Waals surface area contributed by atoms with Crippen LogP contribution >= 0.6 is 0 Å². The molecule has 1 amide bonds. The van der Waals surface area contributed by atoms with Gasteiger partial charge in [-0.05, 0) is 23.1 Å². The molecule has 2 N–H and O–H groups in total. The van der Waals surface area contributed by atoms with Gasteiger partial charge in [0.15, 0.2) is 0 Å². The number of amides is 1. The van der Waals surface area contributed by atoms with Gasteiger partial charge in [-0.3, -0.25) is 4.79 Å². The zero-order valence-electron chi connectivity index (χ0n) is 13.1. The number of nitrogen functional groups attached to an aromatic ring is 1. The van der Waals surface area contributed by atoms with Gasteiger partial charge in [-0.25, -0.2) is 9.97 Å². The molecule has 0 radical (unpaired) electrons. The highest BCUT2D eigenvalue weighted by molar-refractivity contribution is 5.94. The first-order chi connectivity index (χ1) is 10.3. The first-order valence-corrected chi connectivity index (χ1v) is 7.35. The van der Waals surface area contributed by atoms with Crippen LogP contribution in [-0.4, -0.2) is 20.8 Å². The second-order valence-corrected chi connectivity index (χ2v) is 6.69. The largest absolute Gasteiger partial charge is 0.368 e. The van der Waals surface area contributed by atoms with Gasteiger partial charge in [-0.2, -0.15) is 0 Å². The minimum absolute atomic E-state index is 0.0111. The molecule has 5 heteroatoms. The predicted molar refractivity (Wildman–Crippen MR) is 85.2 cm³/mol. The zero-order valence-corrected chi connectivity index (χ0v) is 13.1. The maximum Gasteiger partial charge on any atom is 0.254 e. The van der Waals surface area contributed by atoms with Crippen molar-refractivity contribution in [2.75, 3.05) is 5.73 Å². The highest BCUT2D eigenvalue weighted by atomic mass is 16.2. The lowest BCUT2D eigenvalue weighted by atomic mass is 9.86. The molecule has 1 aliphatic rings. The third-order valence-corrected chi connectivity index (χ3v) is 3.96. The number of nitrogens with zero attached hydrogens (tertiary/aromatic N) is 3. The van der Waals surface area contributed by atoms with E-state index in [0.717, 1.165) is 11.3 Å². The van der Waals surface area contributed by atoms with Gasteiger partial charge in [0, 0.05) is 23.9 Å². The van der Waals surface area contributed by atoms with Crippen LogP contribution in [0.15, 0.2) is 30.5 Å². The summed E-state index contributed by atoms with van der Waals surface area (Å²) in [6.07, 6.45) is 1.70. The van der Waals surface area contributed by atoms with Gasteiger partial charge < -0.3 is 10.6 Å². The molecule has 0 bridgehead atoms. The maximum atomic E-state index is 12.6. The molecule has 22 heavy (non-hydrogen) atoms. The van der Waals surface area contributed by atoms with E-state index in [1.807, 2.05) is 24.3 Å². The molecule has 2 heterocycles. The Morgan fingerprint density at radius 1 is 1.18 bits per heavy atom. The van der Waals surface area contributed by atoms with Gasteiger partial charge in [0.1, 0.15) is 0 Å². The average Bonchev–Trinajstić information content (AvgIpc) is 2.88. The summed E-state index contributed by atoms with van der Waals surface area (Å²) in [6, 6.07) is 7.83. The van der Waals surface area contributed by atoms with Crippen LogP contribution in [0.5, 0.6) is 0 Å². The molecule has 0 saturated carbocycles. The van der Waals surface area contributed by atoms with Crippen LogP contribution < -0.4 is 5.73 Å². The lowest BCUT2D eigenvalue weighted by Gasteiger charge is -2.20. The van der Waals surface area contributed by atoms with Crippen molar-refractivity contribution in [2.24, 2.45) is 0 Å². The summed E-state index contributed by atoms with van der Waals surface area (Å²) in [7, 11) is 0. The summed E-state index contributed by atoms with van der Waals surface area (Å²) in [4.78, 5) is 22.6. The summed E-state index contributed by atoms with van der Waals surface area (Å²) in [5.74, 6) is 0.264. The summed E-state index contributed by atoms with van der Waals surface area (Å²) in [5, 5.41) is 0. The first-order valence-electron chi connectivity index (χ1n) is 7.35. The number of hydrogen-bond acceptors (Lipinski definition) is 4. The van der Waals surface area contributed by atoms with Crippen molar-refractivity contribution in [3.8, 4) is 0 Å². The number of benzene rings is 1. The Balaban J connectivity index is 1.78. The van der Waals surface area contributed by atoms with Crippen LogP contribution in [0, 0.1) is 0 Å². The van der Waals surface area contributed by atoms with Crippen molar-refractivity contribution < 1.29 is 4.79 Å². The van der Waals surface area contributed by atoms with Crippen LogP contribution in [0.4, 0.5) is 5.95 Å². The molecule has 1 aromatic heterocycles. The SMILES string of the molecule is CC(C)(C)c1ccc(C(=O)N2Cc3cnc(N)nc3C2)cc1. The van der Waals surface area contributed by atoms with Crippen molar-refractivity contribution in [3.63, 3.8) is 0 Å². The van der Waals surface area contributed by atoms with Crippen molar-refractivity contribution in [1.29, 1.82) is 0 Å². The average molecular weight is 296 g/mol. The molecular formula is C17H20N4O. The Labute approximate surface area is 130 Å². The first kappa shape index (κ1) is 14.5. The van der Waals surface area contributed by atoms with E-state index < -0.39 is 0 Å². The summed E-state index contributed by atoms with van der Waals surface area (Å²) >= 11 is 0. The topological polar surface area (TPSA) is 72.1 Å². The fourth-order valence-electron chi connectivity index (χ4n) is 2.61. The number of hydrogen-bond donors (Lipinski definition) is 1. The lowest BCUT2D eigenvalue weighted by molar-refractivity contribution is 0.0750. The zero-order chi connectivity index (χ0) is 15.9. The Morgan fingerprint density at radius 3 is 2.50 bits per heavy atom. The van der Waals surface area contributed by atoms with Gasteiger partial charge in [0.25, 0.3) is 5.91 Å². The van der Waals surface area contributed by atoms with Gasteiger partial charge in [-0.15, -0.1) is 0 Å². The molecule has 1 aromatic carbocycles. The van der Waals surface area contributed by atoms with Crippen LogP contribution in [-0.2, 0) is 18.5 Å². The molecular weight excluding hydrogens is 276 g/mol. The predicted octanol–water partition coefficient (Wildman–Crippen LogP) is 2.51. The van der Waals surface area contributed by atoms with Gasteiger partial charge in [0.2, 0.25) is 5.95 Å². The smallest absolute Gasteiger partial charge is 0.254 e. The lowest BCUT2D eigenvalue weighted by Crippen LogP contribution is -2.25. The fourth-order valence-corrected chi connectivity index (χ4v) is 2.61. The second kappa shape index (κ2) is 5.09. The molecule has 0 atom stereocenters. The van der Waals surface area contributed by atoms with E-state index in [2.05, 4.69) is 30.7 Å². The number of nitrogens with two attached hydrogens (primary N) is 1. The number of rotatable bonds is 1. The molecule has 0 fully saturated rings. The molecule has 0 aliphatic carbocycles. The number of carbonyl (C=O) groups excluding carboxylic acids is 1. The third kappa shape index (κ3) is 2.66. The van der Waals surface area contributed by atoms with E-state index in [4.69, 9.17) is 5.73 Å². The van der Waals surface area contributed by atoms with Gasteiger partial charge >= 0.3 is 0 Å². The Morgan fingerprint density at radius 2 is 1.86 bits per heavy atom. The minimum Gasteiger partial charge on any atom is -0.368 e. The van der Waals surface area contributed by atoms with E-state index in [1.54, 1.807) is 11.1 Å². The summed E-state index contributed by atoms with van der Waals surface area (Å²) in [5.41, 5.74) is 9.39. The molecule has 1 aliphatic heterocycles. The molecule has 3 rings (SSSR count). The Bertz CT molecular complexity index is 716. The summed E-state index contributed by atoms with van der Waals surface area (Å²) < 4.78 is 0. The number of carbonyl (C=O) groups is 1. The highest BCUT2D eigenvalue weighted by Gasteiger charge is 2.26. The maximum absolute atomic E-state index is 12.6. The van der Waals surface area contributed by atoms with Crippen LogP contribution in [0.2, 0.25) is 0 Å². The Kier molecular flexibility index (Phi) is 3.35. The van der Waals surface area contributed by atoms with E-state index in [1.165, 1.54) is 5.56 Å². The quantitative estimate of drug-likeness (QED) is 0.877. The van der Waals surface area contributed by atoms with Crippen molar-refractivity contribution in [1.82, 2.24) is 14.9 Å². The Hall–Kier alpha value is -2.43. The second-order valence-electron chi connectivity index (χ2n) is 6.69. The van der Waals surface area contributed by atoms with Gasteiger partial charge in [-0.1, -0.05) is 32.9 Å². The number of aromatic nitrogens is 2. The molecule has 0 spiro atoms. The molecule has 114 valence electrons. The monoisotopic (exact) mass is 296 g/mol. The summed E-state index contributed by atoms with van der Waals surface area (Å²) in [6.45, 7) is 7.50. The fraction of sp³-hybridized carbons (Fsp3) is 0.353. The number of anilines is 1. The standard InChI is InChI=1S/C17H20N4O/c1-17(2,3)13-6-4-11(5-7-13)15(22)21-9-12-8-19-16(18)20-14(12)10-21/h4-8H,9-10H2,1-3H3,(H2,18,19,20). The normalized spacial score (nSPS) is 14.0. The van der Waals surface area contributed by atoms with Crippen molar-refractivity contribution >= 4 is 11.9 Å². The minimum atomic E-state index is 0.0111. The van der Waals surface area contributed by atoms with E-state index in [-0.39, 0.29) is 17.3 Å². The molecule has 5 nitrogen and oxygen atoms in total. The number of fused-ring (bicyclic) bond motifs is 1. The van der Waals surface area contributed by atoms with Crippen LogP contribution in [0.25, 0.3) is 0 Å². The van der Waals surface area contributed by atoms with E-state index in [0.29, 0.717) is 18.7 Å². The van der Waals surface area contributed by atoms with E-state index in [9.17, 15) is 4.79 Å².